The standard InChI is InChI=1S/C20H27NO2/c1-4-20(5-2,19(21)22)17-11-12-18(15(3)13-17)23-14-16-9-7-6-8-10-16/h6-13,19,22H,4-5,14,21H2,1-3H3. The zero-order valence-corrected chi connectivity index (χ0v) is 14.3. The van der Waals surface area contributed by atoms with Crippen LogP contribution >= 0.6 is 0 Å². The van der Waals surface area contributed by atoms with Crippen molar-refractivity contribution in [1.82, 2.24) is 0 Å². The molecule has 3 heteroatoms. The van der Waals surface area contributed by atoms with E-state index in [9.17, 15) is 5.11 Å². The first-order valence-electron chi connectivity index (χ1n) is 8.25. The van der Waals surface area contributed by atoms with E-state index in [1.807, 2.05) is 49.4 Å². The van der Waals surface area contributed by atoms with E-state index in [0.717, 1.165) is 35.3 Å². The maximum atomic E-state index is 10.1. The highest BCUT2D eigenvalue weighted by molar-refractivity contribution is 5.40. The molecular formula is C20H27NO2. The first-order chi connectivity index (χ1) is 11.0. The Balaban J connectivity index is 2.20. The Morgan fingerprint density at radius 2 is 1.74 bits per heavy atom. The van der Waals surface area contributed by atoms with E-state index in [0.29, 0.717) is 6.61 Å². The van der Waals surface area contributed by atoms with E-state index in [-0.39, 0.29) is 0 Å². The summed E-state index contributed by atoms with van der Waals surface area (Å²) in [6.45, 7) is 6.71. The molecule has 0 spiro atoms. The van der Waals surface area contributed by atoms with E-state index in [2.05, 4.69) is 19.9 Å². The lowest BCUT2D eigenvalue weighted by Crippen LogP contribution is -2.44. The van der Waals surface area contributed by atoms with Crippen molar-refractivity contribution in [2.45, 2.75) is 51.9 Å². The van der Waals surface area contributed by atoms with Crippen molar-refractivity contribution in [3.63, 3.8) is 0 Å². The van der Waals surface area contributed by atoms with E-state index < -0.39 is 11.6 Å². The Labute approximate surface area is 139 Å². The van der Waals surface area contributed by atoms with Crippen molar-refractivity contribution >= 4 is 0 Å². The summed E-state index contributed by atoms with van der Waals surface area (Å²) in [5.41, 5.74) is 8.75. The normalized spacial score (nSPS) is 12.9. The van der Waals surface area contributed by atoms with E-state index in [1.165, 1.54) is 0 Å². The lowest BCUT2D eigenvalue weighted by molar-refractivity contribution is 0.0788. The largest absolute Gasteiger partial charge is 0.489 e. The van der Waals surface area contributed by atoms with Gasteiger partial charge in [0, 0.05) is 5.41 Å². The third-order valence-electron chi connectivity index (χ3n) is 4.81. The fourth-order valence-electron chi connectivity index (χ4n) is 3.10. The quantitative estimate of drug-likeness (QED) is 0.762. The molecule has 0 aromatic heterocycles. The Hall–Kier alpha value is -1.84. The first kappa shape index (κ1) is 17.5. The van der Waals surface area contributed by atoms with E-state index >= 15 is 0 Å². The van der Waals surface area contributed by atoms with E-state index in [1.54, 1.807) is 0 Å². The van der Waals surface area contributed by atoms with Gasteiger partial charge < -0.3 is 15.6 Å². The average Bonchev–Trinajstić information content (AvgIpc) is 2.56. The summed E-state index contributed by atoms with van der Waals surface area (Å²) in [5.74, 6) is 0.866. The van der Waals surface area contributed by atoms with Gasteiger partial charge in [-0.15, -0.1) is 0 Å². The van der Waals surface area contributed by atoms with Crippen LogP contribution in [0.25, 0.3) is 0 Å². The maximum absolute atomic E-state index is 10.1. The van der Waals surface area contributed by atoms with Crippen molar-refractivity contribution in [1.29, 1.82) is 0 Å². The molecule has 0 fully saturated rings. The van der Waals surface area contributed by atoms with Crippen LogP contribution in [-0.2, 0) is 12.0 Å². The molecule has 2 aromatic carbocycles. The zero-order valence-electron chi connectivity index (χ0n) is 14.3. The summed E-state index contributed by atoms with van der Waals surface area (Å²) in [7, 11) is 0. The second kappa shape index (κ2) is 7.62. The smallest absolute Gasteiger partial charge is 0.122 e. The van der Waals surface area contributed by atoms with Gasteiger partial charge in [0.25, 0.3) is 0 Å². The number of nitrogens with two attached hydrogens (primary N) is 1. The summed E-state index contributed by atoms with van der Waals surface area (Å²) in [5, 5.41) is 10.1. The van der Waals surface area contributed by atoms with Crippen molar-refractivity contribution in [2.24, 2.45) is 5.73 Å². The van der Waals surface area contributed by atoms with Crippen LogP contribution in [0.1, 0.15) is 43.4 Å². The van der Waals surface area contributed by atoms with Crippen LogP contribution in [0.2, 0.25) is 0 Å². The van der Waals surface area contributed by atoms with Crippen molar-refractivity contribution < 1.29 is 9.84 Å². The predicted octanol–water partition coefficient (Wildman–Crippen LogP) is 3.91. The van der Waals surface area contributed by atoms with E-state index in [4.69, 9.17) is 10.5 Å². The minimum Gasteiger partial charge on any atom is -0.489 e. The van der Waals surface area contributed by atoms with Gasteiger partial charge in [-0.05, 0) is 42.5 Å². The molecule has 0 bridgehead atoms. The summed E-state index contributed by atoms with van der Waals surface area (Å²) in [6.07, 6.45) is 0.725. The van der Waals surface area contributed by atoms with Crippen LogP contribution in [0, 0.1) is 6.92 Å². The number of ether oxygens (including phenoxy) is 1. The molecule has 2 rings (SSSR count). The molecule has 0 heterocycles. The van der Waals surface area contributed by atoms with Crippen LogP contribution < -0.4 is 10.5 Å². The van der Waals surface area contributed by atoms with Gasteiger partial charge in [0.05, 0.1) is 0 Å². The van der Waals surface area contributed by atoms with Gasteiger partial charge in [-0.2, -0.15) is 0 Å². The second-order valence-corrected chi connectivity index (χ2v) is 6.06. The first-order valence-corrected chi connectivity index (χ1v) is 8.25. The molecule has 3 nitrogen and oxygen atoms in total. The lowest BCUT2D eigenvalue weighted by atomic mass is 9.74. The molecule has 1 unspecified atom stereocenters. The third-order valence-corrected chi connectivity index (χ3v) is 4.81. The van der Waals surface area contributed by atoms with Gasteiger partial charge in [0.2, 0.25) is 0 Å². The Morgan fingerprint density at radius 1 is 1.09 bits per heavy atom. The molecule has 0 aliphatic carbocycles. The molecule has 3 N–H and O–H groups in total. The number of aliphatic hydroxyl groups excluding tert-OH is 1. The third kappa shape index (κ3) is 3.74. The molecule has 0 saturated carbocycles. The SMILES string of the molecule is CCC(CC)(c1ccc(OCc2ccccc2)c(C)c1)C(N)O. The fraction of sp³-hybridized carbons (Fsp3) is 0.400. The summed E-state index contributed by atoms with van der Waals surface area (Å²) >= 11 is 0. The minimum atomic E-state index is -0.868. The van der Waals surface area contributed by atoms with Crippen LogP contribution in [-0.4, -0.2) is 11.3 Å². The highest BCUT2D eigenvalue weighted by atomic mass is 16.5. The molecule has 0 aliphatic rings. The average molecular weight is 313 g/mol. The molecule has 2 aromatic rings. The highest BCUT2D eigenvalue weighted by Crippen LogP contribution is 2.35. The van der Waals surface area contributed by atoms with Crippen LogP contribution in [0.5, 0.6) is 5.75 Å². The number of hydrogen-bond donors (Lipinski definition) is 2. The topological polar surface area (TPSA) is 55.5 Å². The molecular weight excluding hydrogens is 286 g/mol. The summed E-state index contributed by atoms with van der Waals surface area (Å²) in [6, 6.07) is 16.2. The Morgan fingerprint density at radius 3 is 2.26 bits per heavy atom. The molecule has 23 heavy (non-hydrogen) atoms. The van der Waals surface area contributed by atoms with Crippen molar-refractivity contribution in [2.75, 3.05) is 0 Å². The van der Waals surface area contributed by atoms with Gasteiger partial charge in [0.15, 0.2) is 0 Å². The van der Waals surface area contributed by atoms with Crippen LogP contribution in [0.15, 0.2) is 48.5 Å². The fourth-order valence-corrected chi connectivity index (χ4v) is 3.10. The zero-order chi connectivity index (χ0) is 16.9. The Kier molecular flexibility index (Phi) is 5.80. The van der Waals surface area contributed by atoms with Gasteiger partial charge in [-0.3, -0.25) is 0 Å². The highest BCUT2D eigenvalue weighted by Gasteiger charge is 2.34. The number of hydrogen-bond acceptors (Lipinski definition) is 3. The molecule has 0 saturated heterocycles. The molecule has 1 atom stereocenters. The van der Waals surface area contributed by atoms with Gasteiger partial charge in [-0.1, -0.05) is 56.3 Å². The van der Waals surface area contributed by atoms with Crippen molar-refractivity contribution in [3.8, 4) is 5.75 Å². The monoisotopic (exact) mass is 313 g/mol. The lowest BCUT2D eigenvalue weighted by Gasteiger charge is -2.35. The minimum absolute atomic E-state index is 0.400. The van der Waals surface area contributed by atoms with Crippen LogP contribution in [0.4, 0.5) is 0 Å². The van der Waals surface area contributed by atoms with Crippen molar-refractivity contribution in [3.05, 3.63) is 65.2 Å². The number of aliphatic hydroxyl groups is 1. The second-order valence-electron chi connectivity index (χ2n) is 6.06. The van der Waals surface area contributed by atoms with Gasteiger partial charge in [0.1, 0.15) is 18.6 Å². The number of benzene rings is 2. The maximum Gasteiger partial charge on any atom is 0.122 e. The number of aryl methyl sites for hydroxylation is 1. The van der Waals surface area contributed by atoms with Crippen LogP contribution in [0.3, 0.4) is 0 Å². The molecule has 124 valence electrons. The Bertz CT molecular complexity index is 619. The summed E-state index contributed by atoms with van der Waals surface area (Å²) in [4.78, 5) is 0. The summed E-state index contributed by atoms with van der Waals surface area (Å²) < 4.78 is 5.92. The number of rotatable bonds is 7. The molecule has 0 aliphatic heterocycles. The predicted molar refractivity (Wildman–Crippen MR) is 94.4 cm³/mol. The van der Waals surface area contributed by atoms with Gasteiger partial charge in [-0.25, -0.2) is 0 Å². The molecule has 0 amide bonds. The molecule has 0 radical (unpaired) electrons. The van der Waals surface area contributed by atoms with Gasteiger partial charge >= 0.3 is 0 Å².